The molecule has 0 atom stereocenters. The minimum absolute atomic E-state index is 0. The second kappa shape index (κ2) is 15.0. The van der Waals surface area contributed by atoms with Crippen molar-refractivity contribution >= 4 is 35.3 Å². The molecule has 6 rings (SSSR count). The second-order valence-corrected chi connectivity index (χ2v) is 19.0. The molecule has 4 aromatic heterocycles. The molecule has 4 nitrogen and oxygen atoms in total. The van der Waals surface area contributed by atoms with Gasteiger partial charge in [0, 0.05) is 43.6 Å². The zero-order chi connectivity index (χ0) is 32.3. The molecular weight excluding hydrogens is 759 g/mol. The molecule has 6 aromatic rings. The summed E-state index contributed by atoms with van der Waals surface area (Å²) in [4.78, 5) is 13.9. The van der Waals surface area contributed by atoms with Gasteiger partial charge in [0.2, 0.25) is 5.71 Å². The van der Waals surface area contributed by atoms with Gasteiger partial charge in [-0.15, -0.1) is 59.7 Å². The number of aromatic nitrogens is 3. The summed E-state index contributed by atoms with van der Waals surface area (Å²) in [6.07, 6.45) is 5.11. The van der Waals surface area contributed by atoms with Gasteiger partial charge in [0.15, 0.2) is 0 Å². The molecule has 46 heavy (non-hydrogen) atoms. The van der Waals surface area contributed by atoms with Crippen LogP contribution in [0, 0.1) is 18.1 Å². The molecule has 0 bridgehead atoms. The van der Waals surface area contributed by atoms with Crippen molar-refractivity contribution in [1.29, 1.82) is 0 Å². The molecular formula is C40H45IrN3OSi-2. The quantitative estimate of drug-likeness (QED) is 0.119. The topological polar surface area (TPSA) is 51.8 Å². The summed E-state index contributed by atoms with van der Waals surface area (Å²) in [5.74, 6) is 1.52. The fraction of sp³-hybridized carbons (Fsp3) is 0.325. The second-order valence-electron chi connectivity index (χ2n) is 14.0. The Kier molecular flexibility index (Phi) is 11.5. The van der Waals surface area contributed by atoms with Crippen molar-refractivity contribution in [2.75, 3.05) is 0 Å². The fourth-order valence-corrected chi connectivity index (χ4v) is 7.11. The first kappa shape index (κ1) is 35.4. The van der Waals surface area contributed by atoms with Crippen molar-refractivity contribution in [3.8, 4) is 22.5 Å². The maximum Gasteiger partial charge on any atom is 0.216 e. The normalized spacial score (nSPS) is 11.7. The van der Waals surface area contributed by atoms with E-state index in [1.165, 1.54) is 16.3 Å². The molecule has 0 saturated carbocycles. The van der Waals surface area contributed by atoms with Gasteiger partial charge < -0.3 is 14.4 Å². The Morgan fingerprint density at radius 3 is 2.20 bits per heavy atom. The van der Waals surface area contributed by atoms with Crippen molar-refractivity contribution in [2.24, 2.45) is 5.92 Å². The predicted octanol–water partition coefficient (Wildman–Crippen LogP) is 10.4. The summed E-state index contributed by atoms with van der Waals surface area (Å²) in [5, 5.41) is 3.59. The van der Waals surface area contributed by atoms with Crippen LogP contribution in [-0.4, -0.2) is 23.0 Å². The van der Waals surface area contributed by atoms with Crippen molar-refractivity contribution < 1.29 is 24.5 Å². The average molecular weight is 804 g/mol. The van der Waals surface area contributed by atoms with Crippen LogP contribution in [0.25, 0.3) is 44.6 Å². The van der Waals surface area contributed by atoms with E-state index in [0.717, 1.165) is 51.0 Å². The molecule has 6 heteroatoms. The first-order chi connectivity index (χ1) is 21.4. The number of fused-ring (bicyclic) bond motifs is 3. The van der Waals surface area contributed by atoms with Crippen LogP contribution in [0.5, 0.6) is 0 Å². The minimum atomic E-state index is -1.34. The van der Waals surface area contributed by atoms with Crippen molar-refractivity contribution in [3.63, 3.8) is 0 Å². The fourth-order valence-electron chi connectivity index (χ4n) is 5.52. The molecule has 0 aliphatic heterocycles. The minimum Gasteiger partial charge on any atom is -0.486 e. The van der Waals surface area contributed by atoms with Crippen molar-refractivity contribution in [3.05, 3.63) is 108 Å². The summed E-state index contributed by atoms with van der Waals surface area (Å²) < 4.78 is 5.93. The van der Waals surface area contributed by atoms with Crippen molar-refractivity contribution in [1.82, 2.24) is 15.0 Å². The van der Waals surface area contributed by atoms with Crippen LogP contribution >= 0.6 is 0 Å². The largest absolute Gasteiger partial charge is 0.486 e. The third-order valence-corrected chi connectivity index (χ3v) is 10.1. The van der Waals surface area contributed by atoms with Crippen LogP contribution in [0.4, 0.5) is 0 Å². The summed E-state index contributed by atoms with van der Waals surface area (Å²) in [7, 11) is -1.34. The van der Waals surface area contributed by atoms with E-state index in [9.17, 15) is 0 Å². The van der Waals surface area contributed by atoms with Crippen LogP contribution in [0.15, 0.2) is 83.5 Å². The Hall–Kier alpha value is -3.44. The third-order valence-electron chi connectivity index (χ3n) is 8.02. The molecule has 1 radical (unpaired) electrons. The van der Waals surface area contributed by atoms with E-state index < -0.39 is 8.07 Å². The summed E-state index contributed by atoms with van der Waals surface area (Å²) in [6, 6.07) is 29.3. The predicted molar refractivity (Wildman–Crippen MR) is 192 cm³/mol. The maximum absolute atomic E-state index is 5.93. The Morgan fingerprint density at radius 2 is 1.54 bits per heavy atom. The standard InChI is InChI=1S/C22H21N2O.C18H24NSi.Ir/c1-13(2)15-9-10-23-20(12-15)16-5-8-21-18(11-16)17-6-7-19(14(3)4)24-22(17)25-21;1-14(2)11-16-12-17(15-9-7-6-8-10-15)19-13-18(16)20(3,4)5;/h6-14H,1-4H3;6-9,12-14H,11H2,1-5H3;/q2*-1;. The van der Waals surface area contributed by atoms with E-state index in [4.69, 9.17) is 4.42 Å². The zero-order valence-corrected chi connectivity index (χ0v) is 31.9. The Bertz CT molecular complexity index is 1910. The molecule has 0 N–H and O–H groups in total. The average Bonchev–Trinajstić information content (AvgIpc) is 3.38. The van der Waals surface area contributed by atoms with E-state index >= 15 is 0 Å². The molecule has 2 aromatic carbocycles. The van der Waals surface area contributed by atoms with Gasteiger partial charge in [-0.3, -0.25) is 0 Å². The Balaban J connectivity index is 0.000000210. The number of benzene rings is 2. The van der Waals surface area contributed by atoms with Gasteiger partial charge in [-0.1, -0.05) is 89.8 Å². The van der Waals surface area contributed by atoms with Gasteiger partial charge in [0.25, 0.3) is 0 Å². The Morgan fingerprint density at radius 1 is 0.783 bits per heavy atom. The number of nitrogens with zero attached hydrogens (tertiary/aromatic N) is 3. The molecule has 0 saturated heterocycles. The van der Waals surface area contributed by atoms with Gasteiger partial charge in [0.1, 0.15) is 0 Å². The van der Waals surface area contributed by atoms with Crippen LogP contribution in [-0.2, 0) is 26.5 Å². The van der Waals surface area contributed by atoms with E-state index in [1.54, 1.807) is 0 Å². The maximum atomic E-state index is 5.93. The number of furan rings is 1. The van der Waals surface area contributed by atoms with E-state index in [2.05, 4.69) is 137 Å². The smallest absolute Gasteiger partial charge is 0.216 e. The molecule has 4 heterocycles. The molecule has 0 spiro atoms. The van der Waals surface area contributed by atoms with Gasteiger partial charge >= 0.3 is 0 Å². The molecule has 0 amide bonds. The Labute approximate surface area is 289 Å². The van der Waals surface area contributed by atoms with Crippen molar-refractivity contribution in [2.45, 2.75) is 79.4 Å². The summed E-state index contributed by atoms with van der Waals surface area (Å²) in [6.45, 7) is 20.4. The number of pyridine rings is 3. The van der Waals surface area contributed by atoms with Crippen LogP contribution < -0.4 is 5.19 Å². The summed E-state index contributed by atoms with van der Waals surface area (Å²) in [5.41, 5.74) is 9.34. The van der Waals surface area contributed by atoms with Gasteiger partial charge in [-0.05, 0) is 58.9 Å². The van der Waals surface area contributed by atoms with Gasteiger partial charge in [-0.2, -0.15) is 0 Å². The number of rotatable bonds is 7. The van der Waals surface area contributed by atoms with Gasteiger partial charge in [-0.25, -0.2) is 4.98 Å². The monoisotopic (exact) mass is 804 g/mol. The van der Waals surface area contributed by atoms with E-state index in [-0.39, 0.29) is 20.1 Å². The molecule has 0 aliphatic carbocycles. The van der Waals surface area contributed by atoms with Crippen LogP contribution in [0.2, 0.25) is 19.6 Å². The molecule has 0 fully saturated rings. The molecule has 241 valence electrons. The number of hydrogen-bond acceptors (Lipinski definition) is 4. The van der Waals surface area contributed by atoms with E-state index in [1.807, 2.05) is 30.5 Å². The first-order valence-corrected chi connectivity index (χ1v) is 19.6. The first-order valence-electron chi connectivity index (χ1n) is 16.1. The summed E-state index contributed by atoms with van der Waals surface area (Å²) >= 11 is 0. The molecule has 0 unspecified atom stereocenters. The third kappa shape index (κ3) is 8.28. The van der Waals surface area contributed by atoms with E-state index in [0.29, 0.717) is 23.5 Å². The van der Waals surface area contributed by atoms with Crippen LogP contribution in [0.3, 0.4) is 0 Å². The number of hydrogen-bond donors (Lipinski definition) is 0. The SMILES string of the molecule is CC(C)Cc1cc(-c2[c-]cccc2)ncc1[Si](C)(C)C.CC(C)c1ccnc(-c2[c-]cc3oc4nc(C(C)C)ccc4c3c2)c1.[Ir]. The molecule has 0 aliphatic rings. The van der Waals surface area contributed by atoms with Crippen LogP contribution in [0.1, 0.15) is 70.2 Å². The zero-order valence-electron chi connectivity index (χ0n) is 28.5. The van der Waals surface area contributed by atoms with Gasteiger partial charge in [0.05, 0.1) is 13.7 Å².